The molecular weight excluding hydrogens is 288 g/mol. The highest BCUT2D eigenvalue weighted by atomic mass is 32.2. The summed E-state index contributed by atoms with van der Waals surface area (Å²) in [5.41, 5.74) is 0. The van der Waals surface area contributed by atoms with Crippen LogP contribution in [0.15, 0.2) is 0 Å². The van der Waals surface area contributed by atoms with Gasteiger partial charge in [-0.15, -0.1) is 0 Å². The van der Waals surface area contributed by atoms with Crippen LogP contribution in [0.25, 0.3) is 0 Å². The van der Waals surface area contributed by atoms with Gasteiger partial charge < -0.3 is 4.90 Å². The Kier molecular flexibility index (Phi) is 5.66. The minimum atomic E-state index is -2.96. The summed E-state index contributed by atoms with van der Waals surface area (Å²) >= 11 is 0. The second kappa shape index (κ2) is 7.09. The predicted octanol–water partition coefficient (Wildman–Crippen LogP) is 1.14. The van der Waals surface area contributed by atoms with Crippen molar-refractivity contribution in [2.24, 2.45) is 5.92 Å². The standard InChI is InChI=1S/C15H28N2O3S/c1-13(2)21(19,20)12-11-16-7-9-17(10-8-16)15(18)14-5-3-4-6-14/h13-14H,3-12H2,1-2H3. The maximum atomic E-state index is 12.3. The molecule has 122 valence electrons. The van der Waals surface area contributed by atoms with E-state index in [9.17, 15) is 13.2 Å². The van der Waals surface area contributed by atoms with Crippen LogP contribution in [0.1, 0.15) is 39.5 Å². The van der Waals surface area contributed by atoms with E-state index in [-0.39, 0.29) is 16.9 Å². The number of carbonyl (C=O) groups is 1. The average molecular weight is 316 g/mol. The molecule has 5 nitrogen and oxygen atoms in total. The number of hydrogen-bond acceptors (Lipinski definition) is 4. The third-order valence-corrected chi connectivity index (χ3v) is 6.99. The van der Waals surface area contributed by atoms with Crippen LogP contribution in [-0.2, 0) is 14.6 Å². The van der Waals surface area contributed by atoms with E-state index in [2.05, 4.69) is 4.90 Å². The van der Waals surface area contributed by atoms with Gasteiger partial charge in [-0.1, -0.05) is 12.8 Å². The second-order valence-corrected chi connectivity index (χ2v) is 9.24. The topological polar surface area (TPSA) is 57.7 Å². The molecule has 1 amide bonds. The number of hydrogen-bond donors (Lipinski definition) is 0. The van der Waals surface area contributed by atoms with Gasteiger partial charge in [-0.25, -0.2) is 8.42 Å². The van der Waals surface area contributed by atoms with Crippen molar-refractivity contribution in [2.45, 2.75) is 44.8 Å². The Labute approximate surface area is 128 Å². The largest absolute Gasteiger partial charge is 0.340 e. The molecule has 1 aliphatic heterocycles. The van der Waals surface area contributed by atoms with Crippen LogP contribution in [0.3, 0.4) is 0 Å². The molecule has 0 N–H and O–H groups in total. The van der Waals surface area contributed by atoms with Crippen molar-refractivity contribution in [3.63, 3.8) is 0 Å². The van der Waals surface area contributed by atoms with E-state index in [0.29, 0.717) is 12.5 Å². The number of carbonyl (C=O) groups excluding carboxylic acids is 1. The monoisotopic (exact) mass is 316 g/mol. The first-order chi connectivity index (χ1) is 9.90. The summed E-state index contributed by atoms with van der Waals surface area (Å²) in [6.07, 6.45) is 4.46. The van der Waals surface area contributed by atoms with Gasteiger partial charge in [-0.2, -0.15) is 0 Å². The van der Waals surface area contributed by atoms with E-state index in [4.69, 9.17) is 0 Å². The van der Waals surface area contributed by atoms with E-state index in [1.165, 1.54) is 12.8 Å². The summed E-state index contributed by atoms with van der Waals surface area (Å²) < 4.78 is 23.7. The molecule has 0 aromatic heterocycles. The Morgan fingerprint density at radius 3 is 2.19 bits per heavy atom. The van der Waals surface area contributed by atoms with Crippen molar-refractivity contribution in [1.82, 2.24) is 9.80 Å². The molecule has 0 aromatic rings. The van der Waals surface area contributed by atoms with Crippen molar-refractivity contribution in [1.29, 1.82) is 0 Å². The van der Waals surface area contributed by atoms with Crippen molar-refractivity contribution >= 4 is 15.7 Å². The van der Waals surface area contributed by atoms with Crippen LogP contribution in [0, 0.1) is 5.92 Å². The van der Waals surface area contributed by atoms with Gasteiger partial charge in [0.25, 0.3) is 0 Å². The van der Waals surface area contributed by atoms with Gasteiger partial charge in [0.15, 0.2) is 9.84 Å². The van der Waals surface area contributed by atoms with Gasteiger partial charge in [0, 0.05) is 38.6 Å². The van der Waals surface area contributed by atoms with Crippen LogP contribution in [0.5, 0.6) is 0 Å². The van der Waals surface area contributed by atoms with E-state index in [1.54, 1.807) is 13.8 Å². The van der Waals surface area contributed by atoms with Crippen LogP contribution in [-0.4, -0.2) is 67.9 Å². The van der Waals surface area contributed by atoms with Crippen LogP contribution in [0.4, 0.5) is 0 Å². The Morgan fingerprint density at radius 1 is 1.10 bits per heavy atom. The van der Waals surface area contributed by atoms with E-state index in [0.717, 1.165) is 39.0 Å². The van der Waals surface area contributed by atoms with Crippen molar-refractivity contribution in [3.05, 3.63) is 0 Å². The third kappa shape index (κ3) is 4.42. The number of amides is 1. The molecule has 21 heavy (non-hydrogen) atoms. The summed E-state index contributed by atoms with van der Waals surface area (Å²) in [6.45, 7) is 7.14. The maximum absolute atomic E-state index is 12.3. The minimum Gasteiger partial charge on any atom is -0.340 e. The highest BCUT2D eigenvalue weighted by Crippen LogP contribution is 2.26. The molecule has 0 atom stereocenters. The second-order valence-electron chi connectivity index (χ2n) is 6.56. The maximum Gasteiger partial charge on any atom is 0.225 e. The summed E-state index contributed by atoms with van der Waals surface area (Å²) in [7, 11) is -2.96. The minimum absolute atomic E-state index is 0.223. The Morgan fingerprint density at radius 2 is 1.67 bits per heavy atom. The first-order valence-corrected chi connectivity index (χ1v) is 9.84. The van der Waals surface area contributed by atoms with E-state index < -0.39 is 9.84 Å². The predicted molar refractivity (Wildman–Crippen MR) is 83.9 cm³/mol. The lowest BCUT2D eigenvalue weighted by atomic mass is 10.1. The smallest absolute Gasteiger partial charge is 0.225 e. The zero-order chi connectivity index (χ0) is 15.5. The first kappa shape index (κ1) is 16.7. The molecule has 1 saturated heterocycles. The number of nitrogens with zero attached hydrogens (tertiary/aromatic N) is 2. The van der Waals surface area contributed by atoms with E-state index >= 15 is 0 Å². The molecule has 1 saturated carbocycles. The van der Waals surface area contributed by atoms with Gasteiger partial charge in [0.05, 0.1) is 11.0 Å². The molecule has 0 unspecified atom stereocenters. The Balaban J connectivity index is 1.74. The molecular formula is C15H28N2O3S. The molecule has 0 radical (unpaired) electrons. The molecule has 0 spiro atoms. The lowest BCUT2D eigenvalue weighted by Crippen LogP contribution is -2.51. The highest BCUT2D eigenvalue weighted by Gasteiger charge is 2.29. The number of piperazine rings is 1. The van der Waals surface area contributed by atoms with Crippen molar-refractivity contribution in [3.8, 4) is 0 Å². The fourth-order valence-corrected chi connectivity index (χ4v) is 4.10. The normalized spacial score (nSPS) is 22.1. The molecule has 2 rings (SSSR count). The zero-order valence-electron chi connectivity index (χ0n) is 13.3. The van der Waals surface area contributed by atoms with E-state index in [1.807, 2.05) is 4.90 Å². The molecule has 0 bridgehead atoms. The number of rotatable bonds is 5. The van der Waals surface area contributed by atoms with Crippen LogP contribution in [0.2, 0.25) is 0 Å². The van der Waals surface area contributed by atoms with Crippen molar-refractivity contribution < 1.29 is 13.2 Å². The molecule has 2 fully saturated rings. The molecule has 6 heteroatoms. The van der Waals surface area contributed by atoms with Crippen molar-refractivity contribution in [2.75, 3.05) is 38.5 Å². The Hall–Kier alpha value is -0.620. The molecule has 1 heterocycles. The summed E-state index contributed by atoms with van der Waals surface area (Å²) in [6, 6.07) is 0. The Bertz CT molecular complexity index is 448. The molecule has 1 aliphatic carbocycles. The number of sulfone groups is 1. The molecule has 2 aliphatic rings. The summed E-state index contributed by atoms with van der Waals surface area (Å²) in [5, 5.41) is -0.303. The zero-order valence-corrected chi connectivity index (χ0v) is 14.1. The third-order valence-electron chi connectivity index (χ3n) is 4.80. The lowest BCUT2D eigenvalue weighted by molar-refractivity contribution is -0.137. The quantitative estimate of drug-likeness (QED) is 0.763. The SMILES string of the molecule is CC(C)S(=O)(=O)CCN1CCN(C(=O)C2CCCC2)CC1. The average Bonchev–Trinajstić information content (AvgIpc) is 2.99. The first-order valence-electron chi connectivity index (χ1n) is 8.13. The van der Waals surface area contributed by atoms with Crippen LogP contribution < -0.4 is 0 Å². The highest BCUT2D eigenvalue weighted by molar-refractivity contribution is 7.92. The fraction of sp³-hybridized carbons (Fsp3) is 0.933. The van der Waals surface area contributed by atoms with Gasteiger partial charge in [-0.05, 0) is 26.7 Å². The fourth-order valence-electron chi connectivity index (χ4n) is 3.11. The van der Waals surface area contributed by atoms with Gasteiger partial charge in [0.1, 0.15) is 0 Å². The van der Waals surface area contributed by atoms with Gasteiger partial charge in [-0.3, -0.25) is 9.69 Å². The lowest BCUT2D eigenvalue weighted by Gasteiger charge is -2.36. The van der Waals surface area contributed by atoms with Crippen LogP contribution >= 0.6 is 0 Å². The summed E-state index contributed by atoms with van der Waals surface area (Å²) in [5.74, 6) is 0.793. The van der Waals surface area contributed by atoms with Gasteiger partial charge in [0.2, 0.25) is 5.91 Å². The van der Waals surface area contributed by atoms with Gasteiger partial charge >= 0.3 is 0 Å². The molecule has 0 aromatic carbocycles. The summed E-state index contributed by atoms with van der Waals surface area (Å²) in [4.78, 5) is 16.5.